The zero-order chi connectivity index (χ0) is 18.8. The van der Waals surface area contributed by atoms with E-state index in [1.54, 1.807) is 0 Å². The smallest absolute Gasteiger partial charge is 0.263 e. The molecule has 2 fully saturated rings. The monoisotopic (exact) mass is 372 g/mol. The Morgan fingerprint density at radius 1 is 1.15 bits per heavy atom. The number of hydrogen-bond donors (Lipinski definition) is 0. The lowest BCUT2D eigenvalue weighted by atomic mass is 9.94. The third-order valence-corrected chi connectivity index (χ3v) is 5.79. The first kappa shape index (κ1) is 18.2. The molecule has 8 heteroatoms. The van der Waals surface area contributed by atoms with Crippen LogP contribution in [0.1, 0.15) is 31.9 Å². The van der Waals surface area contributed by atoms with E-state index in [0.717, 1.165) is 75.6 Å². The quantitative estimate of drug-likeness (QED) is 0.808. The molecule has 2 aliphatic rings. The molecule has 0 N–H and O–H groups in total. The summed E-state index contributed by atoms with van der Waals surface area (Å²) in [5, 5.41) is 4.89. The molecule has 146 valence electrons. The summed E-state index contributed by atoms with van der Waals surface area (Å²) in [6.07, 6.45) is 4.43. The summed E-state index contributed by atoms with van der Waals surface area (Å²) in [5.74, 6) is 1.33. The molecule has 0 saturated carbocycles. The number of carbonyl (C=O) groups is 1. The van der Waals surface area contributed by atoms with Gasteiger partial charge in [-0.15, -0.1) is 0 Å². The average Bonchev–Trinajstić information content (AvgIpc) is 3.10. The van der Waals surface area contributed by atoms with E-state index in [1.807, 2.05) is 6.92 Å². The van der Waals surface area contributed by atoms with E-state index in [4.69, 9.17) is 4.52 Å². The predicted octanol–water partition coefficient (Wildman–Crippen LogP) is 1.70. The number of anilines is 1. The lowest BCUT2D eigenvalue weighted by Crippen LogP contribution is -2.51. The van der Waals surface area contributed by atoms with Crippen molar-refractivity contribution in [2.45, 2.75) is 33.1 Å². The normalized spacial score (nSPS) is 19.8. The largest absolute Gasteiger partial charge is 0.356 e. The van der Waals surface area contributed by atoms with Gasteiger partial charge in [-0.05, 0) is 32.7 Å². The van der Waals surface area contributed by atoms with Gasteiger partial charge in [-0.25, -0.2) is 4.98 Å². The van der Waals surface area contributed by atoms with Crippen LogP contribution in [0, 0.1) is 12.8 Å². The number of carbonyl (C=O) groups excluding carboxylic acids is 1. The third-order valence-electron chi connectivity index (χ3n) is 5.79. The second-order valence-electron chi connectivity index (χ2n) is 7.57. The Balaban J connectivity index is 1.36. The topological polar surface area (TPSA) is 78.6 Å². The number of rotatable bonds is 4. The van der Waals surface area contributed by atoms with Crippen molar-refractivity contribution in [3.63, 3.8) is 0 Å². The van der Waals surface area contributed by atoms with Gasteiger partial charge in [0.15, 0.2) is 0 Å². The third kappa shape index (κ3) is 3.63. The lowest BCUT2D eigenvalue weighted by molar-refractivity contribution is -0.138. The number of nitrogens with zero attached hydrogens (tertiary/aromatic N) is 6. The molecule has 0 aliphatic carbocycles. The molecule has 4 rings (SSSR count). The van der Waals surface area contributed by atoms with Crippen molar-refractivity contribution in [3.05, 3.63) is 12.0 Å². The van der Waals surface area contributed by atoms with Crippen LogP contribution in [0.3, 0.4) is 0 Å². The van der Waals surface area contributed by atoms with Crippen molar-refractivity contribution in [1.82, 2.24) is 24.9 Å². The van der Waals surface area contributed by atoms with Crippen molar-refractivity contribution in [2.75, 3.05) is 50.7 Å². The molecule has 0 spiro atoms. The van der Waals surface area contributed by atoms with Crippen molar-refractivity contribution in [3.8, 4) is 0 Å². The maximum Gasteiger partial charge on any atom is 0.263 e. The molecule has 0 bridgehead atoms. The van der Waals surface area contributed by atoms with Crippen LogP contribution in [-0.4, -0.2) is 76.6 Å². The molecular formula is C19H28N6O2. The van der Waals surface area contributed by atoms with Crippen LogP contribution in [-0.2, 0) is 4.79 Å². The van der Waals surface area contributed by atoms with E-state index in [9.17, 15) is 4.79 Å². The van der Waals surface area contributed by atoms with Gasteiger partial charge >= 0.3 is 0 Å². The van der Waals surface area contributed by atoms with Crippen LogP contribution in [0.25, 0.3) is 11.1 Å². The maximum absolute atomic E-state index is 12.9. The Kier molecular flexibility index (Phi) is 5.24. The number of hydrogen-bond acceptors (Lipinski definition) is 7. The maximum atomic E-state index is 12.9. The molecule has 2 aromatic rings. The summed E-state index contributed by atoms with van der Waals surface area (Å²) in [4.78, 5) is 28.3. The van der Waals surface area contributed by atoms with Crippen LogP contribution in [0.5, 0.6) is 0 Å². The fourth-order valence-electron chi connectivity index (χ4n) is 4.25. The van der Waals surface area contributed by atoms with Crippen LogP contribution in [0.4, 0.5) is 5.82 Å². The highest BCUT2D eigenvalue weighted by Gasteiger charge is 2.31. The van der Waals surface area contributed by atoms with Gasteiger partial charge in [-0.1, -0.05) is 12.1 Å². The van der Waals surface area contributed by atoms with Gasteiger partial charge in [0.1, 0.15) is 17.5 Å². The standard InChI is InChI=1S/C19H28N6O2/c1-3-6-23-9-11-25(12-10-23)19(26)15-4-7-24(8-5-15)17-16-14(2)22-27-18(16)21-13-20-17/h13,15H,3-12H2,1-2H3. The fourth-order valence-corrected chi connectivity index (χ4v) is 4.25. The molecule has 0 radical (unpaired) electrons. The second kappa shape index (κ2) is 7.80. The number of fused-ring (bicyclic) bond motifs is 1. The first-order chi connectivity index (χ1) is 13.2. The van der Waals surface area contributed by atoms with Crippen LogP contribution < -0.4 is 4.90 Å². The number of aromatic nitrogens is 3. The van der Waals surface area contributed by atoms with Crippen molar-refractivity contribution in [1.29, 1.82) is 0 Å². The Bertz CT molecular complexity index is 791. The Hall–Kier alpha value is -2.22. The summed E-state index contributed by atoms with van der Waals surface area (Å²) in [6, 6.07) is 0. The molecule has 8 nitrogen and oxygen atoms in total. The summed E-state index contributed by atoms with van der Waals surface area (Å²) in [7, 11) is 0. The first-order valence-electron chi connectivity index (χ1n) is 10.0. The highest BCUT2D eigenvalue weighted by molar-refractivity contribution is 5.88. The molecule has 0 unspecified atom stereocenters. The SMILES string of the molecule is CCCN1CCN(C(=O)C2CCN(c3ncnc4onc(C)c34)CC2)CC1. The van der Waals surface area contributed by atoms with E-state index in [2.05, 4.69) is 36.7 Å². The van der Waals surface area contributed by atoms with Crippen LogP contribution in [0.15, 0.2) is 10.9 Å². The predicted molar refractivity (Wildman–Crippen MR) is 103 cm³/mol. The van der Waals surface area contributed by atoms with Gasteiger partial charge in [0, 0.05) is 45.2 Å². The van der Waals surface area contributed by atoms with E-state index < -0.39 is 0 Å². The van der Waals surface area contributed by atoms with E-state index in [1.165, 1.54) is 12.7 Å². The molecule has 2 aromatic heterocycles. The highest BCUT2D eigenvalue weighted by atomic mass is 16.5. The first-order valence-corrected chi connectivity index (χ1v) is 10.0. The van der Waals surface area contributed by atoms with E-state index >= 15 is 0 Å². The minimum atomic E-state index is 0.125. The van der Waals surface area contributed by atoms with Gasteiger partial charge in [-0.3, -0.25) is 9.69 Å². The van der Waals surface area contributed by atoms with Gasteiger partial charge in [0.05, 0.1) is 5.69 Å². The van der Waals surface area contributed by atoms with Crippen molar-refractivity contribution < 1.29 is 9.32 Å². The van der Waals surface area contributed by atoms with Gasteiger partial charge in [-0.2, -0.15) is 4.98 Å². The molecule has 4 heterocycles. The Labute approximate surface area is 159 Å². The summed E-state index contributed by atoms with van der Waals surface area (Å²) >= 11 is 0. The van der Waals surface area contributed by atoms with E-state index in [0.29, 0.717) is 11.6 Å². The molecular weight excluding hydrogens is 344 g/mol. The second-order valence-corrected chi connectivity index (χ2v) is 7.57. The Morgan fingerprint density at radius 2 is 1.89 bits per heavy atom. The molecule has 1 amide bonds. The minimum absolute atomic E-state index is 0.125. The zero-order valence-electron chi connectivity index (χ0n) is 16.2. The molecule has 0 atom stereocenters. The van der Waals surface area contributed by atoms with Crippen LogP contribution >= 0.6 is 0 Å². The van der Waals surface area contributed by atoms with Crippen molar-refractivity contribution >= 4 is 22.8 Å². The average molecular weight is 372 g/mol. The summed E-state index contributed by atoms with van der Waals surface area (Å²) in [5.41, 5.74) is 1.34. The fraction of sp³-hybridized carbons (Fsp3) is 0.684. The lowest BCUT2D eigenvalue weighted by Gasteiger charge is -2.38. The molecule has 27 heavy (non-hydrogen) atoms. The summed E-state index contributed by atoms with van der Waals surface area (Å²) in [6.45, 7) is 10.6. The van der Waals surface area contributed by atoms with Crippen LogP contribution in [0.2, 0.25) is 0 Å². The number of piperidine rings is 1. The van der Waals surface area contributed by atoms with Gasteiger partial charge in [0.25, 0.3) is 5.71 Å². The number of piperazine rings is 1. The summed E-state index contributed by atoms with van der Waals surface area (Å²) < 4.78 is 5.25. The number of amides is 1. The van der Waals surface area contributed by atoms with Gasteiger partial charge in [0.2, 0.25) is 5.91 Å². The highest BCUT2D eigenvalue weighted by Crippen LogP contribution is 2.30. The van der Waals surface area contributed by atoms with E-state index in [-0.39, 0.29) is 5.92 Å². The van der Waals surface area contributed by atoms with Crippen molar-refractivity contribution in [2.24, 2.45) is 5.92 Å². The zero-order valence-corrected chi connectivity index (χ0v) is 16.2. The molecule has 0 aromatic carbocycles. The Morgan fingerprint density at radius 3 is 2.59 bits per heavy atom. The molecule has 2 aliphatic heterocycles. The minimum Gasteiger partial charge on any atom is -0.356 e. The number of aryl methyl sites for hydroxylation is 1. The van der Waals surface area contributed by atoms with Gasteiger partial charge < -0.3 is 14.3 Å². The molecule has 2 saturated heterocycles.